The summed E-state index contributed by atoms with van der Waals surface area (Å²) in [7, 11) is 0. The Kier molecular flexibility index (Phi) is 4.08. The van der Waals surface area contributed by atoms with E-state index in [0.717, 1.165) is 0 Å². The van der Waals surface area contributed by atoms with Gasteiger partial charge in [0.2, 0.25) is 0 Å². The molecule has 1 amide bonds. The summed E-state index contributed by atoms with van der Waals surface area (Å²) in [5.74, 6) is -0.349. The van der Waals surface area contributed by atoms with Crippen LogP contribution >= 0.6 is 0 Å². The van der Waals surface area contributed by atoms with Gasteiger partial charge in [-0.1, -0.05) is 12.1 Å². The van der Waals surface area contributed by atoms with E-state index in [1.165, 1.54) is 6.07 Å². The molecule has 82 valence electrons. The topological polar surface area (TPSA) is 92.8 Å². The van der Waals surface area contributed by atoms with Crippen molar-refractivity contribution in [3.63, 3.8) is 0 Å². The molecule has 0 saturated heterocycles. The summed E-state index contributed by atoms with van der Waals surface area (Å²) in [6.07, 6.45) is -0.745. The largest absolute Gasteiger partial charge is 0.485 e. The van der Waals surface area contributed by atoms with Crippen molar-refractivity contribution in [2.45, 2.75) is 6.10 Å². The summed E-state index contributed by atoms with van der Waals surface area (Å²) in [5, 5.41) is 17.6. The van der Waals surface area contributed by atoms with E-state index in [1.54, 1.807) is 18.2 Å². The highest BCUT2D eigenvalue weighted by Gasteiger charge is 2.13. The van der Waals surface area contributed by atoms with Gasteiger partial charge in [-0.15, -0.1) is 0 Å². The van der Waals surface area contributed by atoms with Gasteiger partial charge in [-0.25, -0.2) is 0 Å². The summed E-state index contributed by atoms with van der Waals surface area (Å²) in [6, 6.07) is 6.40. The molecule has 0 aromatic heterocycles. The van der Waals surface area contributed by atoms with Crippen LogP contribution in [0.1, 0.15) is 10.4 Å². The third-order valence-electron chi connectivity index (χ3n) is 1.85. The minimum absolute atomic E-state index is 0.226. The smallest absolute Gasteiger partial charge is 0.252 e. The molecule has 0 aliphatic rings. The summed E-state index contributed by atoms with van der Waals surface area (Å²) in [5.41, 5.74) is 5.36. The monoisotopic (exact) mass is 211 g/mol. The lowest BCUT2D eigenvalue weighted by molar-refractivity contribution is 0.0617. The molecule has 4 N–H and O–H groups in total. The molecular formula is C10H13NO4. The molecule has 0 fully saturated rings. The van der Waals surface area contributed by atoms with E-state index in [2.05, 4.69) is 0 Å². The minimum Gasteiger partial charge on any atom is -0.485 e. The first-order valence-corrected chi connectivity index (χ1v) is 4.46. The number of nitrogens with two attached hydrogens (primary N) is 1. The Morgan fingerprint density at radius 3 is 2.47 bits per heavy atom. The second-order valence-electron chi connectivity index (χ2n) is 2.97. The average Bonchev–Trinajstić information content (AvgIpc) is 2.26. The van der Waals surface area contributed by atoms with E-state index < -0.39 is 12.0 Å². The van der Waals surface area contributed by atoms with Gasteiger partial charge >= 0.3 is 0 Å². The molecule has 1 aromatic rings. The highest BCUT2D eigenvalue weighted by molar-refractivity contribution is 5.95. The maximum absolute atomic E-state index is 11.0. The van der Waals surface area contributed by atoms with Crippen molar-refractivity contribution >= 4 is 5.91 Å². The predicted octanol–water partition coefficient (Wildman–Crippen LogP) is -0.483. The molecule has 1 aromatic carbocycles. The zero-order chi connectivity index (χ0) is 11.3. The summed E-state index contributed by atoms with van der Waals surface area (Å²) in [6.45, 7) is -0.660. The lowest BCUT2D eigenvalue weighted by atomic mass is 10.2. The molecule has 0 radical (unpaired) electrons. The molecule has 0 spiro atoms. The highest BCUT2D eigenvalue weighted by Crippen LogP contribution is 2.18. The Bertz CT molecular complexity index is 336. The first-order valence-electron chi connectivity index (χ1n) is 4.46. The molecule has 1 rings (SSSR count). The fourth-order valence-corrected chi connectivity index (χ4v) is 1.08. The summed E-state index contributed by atoms with van der Waals surface area (Å²) < 4.78 is 5.20. The van der Waals surface area contributed by atoms with Crippen LogP contribution in [0.15, 0.2) is 24.3 Å². The van der Waals surface area contributed by atoms with Crippen LogP contribution in [0.5, 0.6) is 5.75 Å². The standard InChI is InChI=1S/C10H13NO4/c11-10(14)8-3-1-2-4-9(8)15-7(5-12)6-13/h1-4,7,12-13H,5-6H2,(H2,11,14). The quantitative estimate of drug-likeness (QED) is 0.613. The normalized spacial score (nSPS) is 10.3. The number of amides is 1. The SMILES string of the molecule is NC(=O)c1ccccc1OC(CO)CO. The Balaban J connectivity index is 2.88. The van der Waals surface area contributed by atoms with Crippen LogP contribution in [0.2, 0.25) is 0 Å². The second-order valence-corrected chi connectivity index (χ2v) is 2.97. The highest BCUT2D eigenvalue weighted by atomic mass is 16.5. The number of hydrogen-bond donors (Lipinski definition) is 3. The zero-order valence-corrected chi connectivity index (χ0v) is 8.09. The third-order valence-corrected chi connectivity index (χ3v) is 1.85. The van der Waals surface area contributed by atoms with Crippen LogP contribution in [-0.4, -0.2) is 35.4 Å². The average molecular weight is 211 g/mol. The first-order chi connectivity index (χ1) is 7.19. The van der Waals surface area contributed by atoms with Crippen LogP contribution in [-0.2, 0) is 0 Å². The lowest BCUT2D eigenvalue weighted by Gasteiger charge is -2.15. The number of aliphatic hydroxyl groups excluding tert-OH is 2. The van der Waals surface area contributed by atoms with Crippen LogP contribution in [0.3, 0.4) is 0 Å². The molecule has 0 saturated carbocycles. The van der Waals surface area contributed by atoms with E-state index in [-0.39, 0.29) is 24.5 Å². The van der Waals surface area contributed by atoms with Crippen molar-refractivity contribution in [3.8, 4) is 5.75 Å². The van der Waals surface area contributed by atoms with Crippen molar-refractivity contribution in [2.24, 2.45) is 5.73 Å². The number of aliphatic hydroxyl groups is 2. The fraction of sp³-hybridized carbons (Fsp3) is 0.300. The van der Waals surface area contributed by atoms with Gasteiger partial charge in [-0.05, 0) is 12.1 Å². The lowest BCUT2D eigenvalue weighted by Crippen LogP contribution is -2.26. The van der Waals surface area contributed by atoms with Gasteiger partial charge in [-0.3, -0.25) is 4.79 Å². The van der Waals surface area contributed by atoms with Gasteiger partial charge in [0.05, 0.1) is 18.8 Å². The third kappa shape index (κ3) is 2.93. The van der Waals surface area contributed by atoms with E-state index in [1.807, 2.05) is 0 Å². The number of primary amides is 1. The number of rotatable bonds is 5. The van der Waals surface area contributed by atoms with Crippen LogP contribution in [0, 0.1) is 0 Å². The fourth-order valence-electron chi connectivity index (χ4n) is 1.08. The Morgan fingerprint density at radius 2 is 1.93 bits per heavy atom. The zero-order valence-electron chi connectivity index (χ0n) is 8.09. The van der Waals surface area contributed by atoms with E-state index in [0.29, 0.717) is 0 Å². The molecule has 0 bridgehead atoms. The van der Waals surface area contributed by atoms with Gasteiger partial charge in [0, 0.05) is 0 Å². The van der Waals surface area contributed by atoms with Crippen LogP contribution in [0.4, 0.5) is 0 Å². The summed E-state index contributed by atoms with van der Waals surface area (Å²) in [4.78, 5) is 11.0. The molecule has 5 nitrogen and oxygen atoms in total. The van der Waals surface area contributed by atoms with Crippen molar-refractivity contribution in [3.05, 3.63) is 29.8 Å². The van der Waals surface area contributed by atoms with Crippen molar-refractivity contribution < 1.29 is 19.7 Å². The van der Waals surface area contributed by atoms with E-state index in [9.17, 15) is 4.79 Å². The number of hydrogen-bond acceptors (Lipinski definition) is 4. The molecule has 0 atom stereocenters. The number of benzene rings is 1. The van der Waals surface area contributed by atoms with Gasteiger partial charge in [0.15, 0.2) is 0 Å². The molecular weight excluding hydrogens is 198 g/mol. The number of carbonyl (C=O) groups is 1. The Hall–Kier alpha value is -1.59. The molecule has 0 unspecified atom stereocenters. The maximum atomic E-state index is 11.0. The second kappa shape index (κ2) is 5.33. The Morgan fingerprint density at radius 1 is 1.33 bits per heavy atom. The number of ether oxygens (including phenoxy) is 1. The number of carbonyl (C=O) groups excluding carboxylic acids is 1. The van der Waals surface area contributed by atoms with Crippen molar-refractivity contribution in [1.29, 1.82) is 0 Å². The molecule has 15 heavy (non-hydrogen) atoms. The van der Waals surface area contributed by atoms with Gasteiger partial charge in [-0.2, -0.15) is 0 Å². The van der Waals surface area contributed by atoms with Crippen molar-refractivity contribution in [2.75, 3.05) is 13.2 Å². The minimum atomic E-state index is -0.745. The molecule has 0 aliphatic heterocycles. The Labute approximate surface area is 87.1 Å². The summed E-state index contributed by atoms with van der Waals surface area (Å²) >= 11 is 0. The van der Waals surface area contributed by atoms with Gasteiger partial charge in [0.1, 0.15) is 11.9 Å². The number of para-hydroxylation sites is 1. The first kappa shape index (κ1) is 11.5. The van der Waals surface area contributed by atoms with E-state index in [4.69, 9.17) is 20.7 Å². The predicted molar refractivity (Wildman–Crippen MR) is 53.5 cm³/mol. The molecule has 5 heteroatoms. The van der Waals surface area contributed by atoms with Gasteiger partial charge in [0.25, 0.3) is 5.91 Å². The van der Waals surface area contributed by atoms with Crippen LogP contribution < -0.4 is 10.5 Å². The maximum Gasteiger partial charge on any atom is 0.252 e. The van der Waals surface area contributed by atoms with E-state index >= 15 is 0 Å². The van der Waals surface area contributed by atoms with Gasteiger partial charge < -0.3 is 20.7 Å². The molecule has 0 aliphatic carbocycles. The van der Waals surface area contributed by atoms with Crippen molar-refractivity contribution in [1.82, 2.24) is 0 Å². The molecule has 0 heterocycles. The van der Waals surface area contributed by atoms with Crippen LogP contribution in [0.25, 0.3) is 0 Å².